The fourth-order valence-corrected chi connectivity index (χ4v) is 1.68. The first kappa shape index (κ1) is 12.8. The summed E-state index contributed by atoms with van der Waals surface area (Å²) in [6, 6.07) is 0. The van der Waals surface area contributed by atoms with Gasteiger partial charge in [-0.15, -0.1) is 0 Å². The quantitative estimate of drug-likeness (QED) is 0.701. The molecule has 1 rings (SSSR count). The smallest absolute Gasteiger partial charge is 0.378 e. The van der Waals surface area contributed by atoms with Gasteiger partial charge in [0.2, 0.25) is 0 Å². The normalized spacial score (nSPS) is 22.2. The van der Waals surface area contributed by atoms with Gasteiger partial charge in [-0.2, -0.15) is 13.2 Å². The van der Waals surface area contributed by atoms with E-state index in [1.165, 1.54) is 0 Å². The van der Waals surface area contributed by atoms with Crippen LogP contribution in [-0.4, -0.2) is 32.0 Å². The Labute approximate surface area is 88.2 Å². The van der Waals surface area contributed by atoms with Crippen molar-refractivity contribution in [3.05, 3.63) is 0 Å². The summed E-state index contributed by atoms with van der Waals surface area (Å²) >= 11 is 0. The summed E-state index contributed by atoms with van der Waals surface area (Å²) in [5, 5.41) is 2.79. The Bertz CT molecular complexity index is 167. The fraction of sp³-hybridized carbons (Fsp3) is 1.00. The van der Waals surface area contributed by atoms with Crippen LogP contribution >= 0.6 is 0 Å². The first-order valence-corrected chi connectivity index (χ1v) is 5.47. The van der Waals surface area contributed by atoms with Gasteiger partial charge < -0.3 is 10.1 Å². The van der Waals surface area contributed by atoms with Gasteiger partial charge in [0.1, 0.15) is 0 Å². The maximum absolute atomic E-state index is 11.8. The molecule has 0 aromatic rings. The third kappa shape index (κ3) is 6.73. The van der Waals surface area contributed by atoms with Crippen LogP contribution in [0.1, 0.15) is 32.1 Å². The van der Waals surface area contributed by atoms with Crippen LogP contribution in [0, 0.1) is 0 Å². The van der Waals surface area contributed by atoms with Crippen LogP contribution in [0.3, 0.4) is 0 Å². The Hall–Kier alpha value is -0.290. The lowest BCUT2D eigenvalue weighted by atomic mass is 10.1. The molecule has 0 bridgehead atoms. The summed E-state index contributed by atoms with van der Waals surface area (Å²) in [6.07, 6.45) is -0.375. The topological polar surface area (TPSA) is 21.3 Å². The maximum atomic E-state index is 11.8. The zero-order valence-corrected chi connectivity index (χ0v) is 8.78. The molecule has 2 nitrogen and oxygen atoms in total. The minimum Gasteiger partial charge on any atom is -0.378 e. The Morgan fingerprint density at radius 1 is 1.27 bits per heavy atom. The van der Waals surface area contributed by atoms with Gasteiger partial charge in [0.15, 0.2) is 0 Å². The Morgan fingerprint density at radius 2 is 2.07 bits per heavy atom. The molecule has 1 saturated heterocycles. The lowest BCUT2D eigenvalue weighted by Gasteiger charge is -2.10. The summed E-state index contributed by atoms with van der Waals surface area (Å²) in [6.45, 7) is 1.51. The molecule has 1 aliphatic rings. The van der Waals surface area contributed by atoms with Crippen LogP contribution in [0.2, 0.25) is 0 Å². The number of alkyl halides is 3. The predicted octanol–water partition coefficient (Wildman–Crippen LogP) is 2.49. The SMILES string of the molecule is FC(F)(F)CCNCCCC1CCCO1. The molecule has 1 atom stereocenters. The predicted molar refractivity (Wildman–Crippen MR) is 51.7 cm³/mol. The molecule has 0 radical (unpaired) electrons. The molecule has 15 heavy (non-hydrogen) atoms. The van der Waals surface area contributed by atoms with Crippen LogP contribution in [0.25, 0.3) is 0 Å². The molecule has 0 spiro atoms. The summed E-state index contributed by atoms with van der Waals surface area (Å²) in [5.41, 5.74) is 0. The highest BCUT2D eigenvalue weighted by Crippen LogP contribution is 2.18. The second kappa shape index (κ2) is 6.33. The van der Waals surface area contributed by atoms with Crippen molar-refractivity contribution in [1.82, 2.24) is 5.32 Å². The Kier molecular flexibility index (Phi) is 5.39. The van der Waals surface area contributed by atoms with Gasteiger partial charge >= 0.3 is 6.18 Å². The number of nitrogens with one attached hydrogen (secondary N) is 1. The van der Waals surface area contributed by atoms with Gasteiger partial charge in [-0.1, -0.05) is 0 Å². The molecule has 1 N–H and O–H groups in total. The zero-order chi connectivity index (χ0) is 11.1. The van der Waals surface area contributed by atoms with Crippen molar-refractivity contribution in [2.75, 3.05) is 19.7 Å². The largest absolute Gasteiger partial charge is 0.390 e. The minimum atomic E-state index is -4.04. The van der Waals surface area contributed by atoms with Gasteiger partial charge in [-0.25, -0.2) is 0 Å². The number of rotatable bonds is 6. The van der Waals surface area contributed by atoms with E-state index < -0.39 is 12.6 Å². The van der Waals surface area contributed by atoms with E-state index >= 15 is 0 Å². The lowest BCUT2D eigenvalue weighted by molar-refractivity contribution is -0.133. The van der Waals surface area contributed by atoms with E-state index in [0.717, 1.165) is 32.3 Å². The molecule has 1 unspecified atom stereocenters. The van der Waals surface area contributed by atoms with E-state index in [0.29, 0.717) is 12.6 Å². The molecule has 0 aliphatic carbocycles. The van der Waals surface area contributed by atoms with E-state index in [-0.39, 0.29) is 6.54 Å². The molecule has 0 saturated carbocycles. The number of halogens is 3. The van der Waals surface area contributed by atoms with Crippen LogP contribution in [0.5, 0.6) is 0 Å². The third-order valence-electron chi connectivity index (χ3n) is 2.49. The van der Waals surface area contributed by atoms with Crippen molar-refractivity contribution in [3.63, 3.8) is 0 Å². The minimum absolute atomic E-state index is 0.0228. The van der Waals surface area contributed by atoms with E-state index in [4.69, 9.17) is 4.74 Å². The van der Waals surface area contributed by atoms with Crippen molar-refractivity contribution in [1.29, 1.82) is 0 Å². The van der Waals surface area contributed by atoms with E-state index in [9.17, 15) is 13.2 Å². The van der Waals surface area contributed by atoms with Crippen LogP contribution in [0.15, 0.2) is 0 Å². The Morgan fingerprint density at radius 3 is 2.67 bits per heavy atom. The number of ether oxygens (including phenoxy) is 1. The second-order valence-electron chi connectivity index (χ2n) is 3.89. The standard InChI is InChI=1S/C10H18F3NO/c11-10(12,13)5-7-14-6-1-3-9-4-2-8-15-9/h9,14H,1-8H2. The summed E-state index contributed by atoms with van der Waals surface area (Å²) in [4.78, 5) is 0. The van der Waals surface area contributed by atoms with E-state index in [2.05, 4.69) is 5.32 Å². The third-order valence-corrected chi connectivity index (χ3v) is 2.49. The monoisotopic (exact) mass is 225 g/mol. The van der Waals surface area contributed by atoms with Gasteiger partial charge in [0.05, 0.1) is 12.5 Å². The lowest BCUT2D eigenvalue weighted by Crippen LogP contribution is -2.23. The van der Waals surface area contributed by atoms with Crippen LogP contribution < -0.4 is 5.32 Å². The van der Waals surface area contributed by atoms with Crippen molar-refractivity contribution >= 4 is 0 Å². The molecule has 0 amide bonds. The molecule has 0 aromatic carbocycles. The number of hydrogen-bond acceptors (Lipinski definition) is 2. The first-order chi connectivity index (χ1) is 7.08. The van der Waals surface area contributed by atoms with Crippen molar-refractivity contribution < 1.29 is 17.9 Å². The van der Waals surface area contributed by atoms with Crippen LogP contribution in [-0.2, 0) is 4.74 Å². The van der Waals surface area contributed by atoms with E-state index in [1.54, 1.807) is 0 Å². The molecule has 90 valence electrons. The second-order valence-corrected chi connectivity index (χ2v) is 3.89. The van der Waals surface area contributed by atoms with Crippen LogP contribution in [0.4, 0.5) is 13.2 Å². The zero-order valence-electron chi connectivity index (χ0n) is 8.78. The highest BCUT2D eigenvalue weighted by molar-refractivity contribution is 4.65. The van der Waals surface area contributed by atoms with Gasteiger partial charge in [-0.3, -0.25) is 0 Å². The molecular weight excluding hydrogens is 207 g/mol. The Balaban J connectivity index is 1.84. The fourth-order valence-electron chi connectivity index (χ4n) is 1.68. The average molecular weight is 225 g/mol. The molecule has 1 fully saturated rings. The maximum Gasteiger partial charge on any atom is 0.390 e. The molecule has 1 heterocycles. The number of hydrogen-bond donors (Lipinski definition) is 1. The summed E-state index contributed by atoms with van der Waals surface area (Å²) < 4.78 is 40.7. The summed E-state index contributed by atoms with van der Waals surface area (Å²) in [7, 11) is 0. The molecule has 1 aliphatic heterocycles. The summed E-state index contributed by atoms with van der Waals surface area (Å²) in [5.74, 6) is 0. The highest BCUT2D eigenvalue weighted by atomic mass is 19.4. The molecular formula is C10H18F3NO. The van der Waals surface area contributed by atoms with Crippen molar-refractivity contribution in [2.24, 2.45) is 0 Å². The van der Waals surface area contributed by atoms with Crippen molar-refractivity contribution in [2.45, 2.75) is 44.4 Å². The van der Waals surface area contributed by atoms with E-state index in [1.807, 2.05) is 0 Å². The van der Waals surface area contributed by atoms with Gasteiger partial charge in [0.25, 0.3) is 0 Å². The molecule has 0 aromatic heterocycles. The highest BCUT2D eigenvalue weighted by Gasteiger charge is 2.25. The van der Waals surface area contributed by atoms with Gasteiger partial charge in [-0.05, 0) is 32.2 Å². The molecule has 5 heteroatoms. The van der Waals surface area contributed by atoms with Crippen molar-refractivity contribution in [3.8, 4) is 0 Å². The average Bonchev–Trinajstić information content (AvgIpc) is 2.61. The van der Waals surface area contributed by atoms with Gasteiger partial charge in [0, 0.05) is 13.2 Å². The first-order valence-electron chi connectivity index (χ1n) is 5.47.